The maximum atomic E-state index is 11.8. The van der Waals surface area contributed by atoms with E-state index >= 15 is 0 Å². The molecule has 0 aliphatic rings. The molecule has 3 nitrogen and oxygen atoms in total. The summed E-state index contributed by atoms with van der Waals surface area (Å²) in [6.45, 7) is 0. The van der Waals surface area contributed by atoms with Crippen molar-refractivity contribution in [3.63, 3.8) is 0 Å². The number of Topliss-reactive ketones (excluding diaryl/α,β-unsaturated/α-hetero) is 1. The van der Waals surface area contributed by atoms with Gasteiger partial charge in [-0.2, -0.15) is 0 Å². The molecule has 0 fully saturated rings. The summed E-state index contributed by atoms with van der Waals surface area (Å²) < 4.78 is 0.566. The second-order valence-corrected chi connectivity index (χ2v) is 6.24. The van der Waals surface area contributed by atoms with Crippen molar-refractivity contribution < 1.29 is 9.59 Å². The van der Waals surface area contributed by atoms with Gasteiger partial charge >= 0.3 is 0 Å². The monoisotopic (exact) mass is 327 g/mol. The van der Waals surface area contributed by atoms with E-state index < -0.39 is 0 Å². The molecule has 0 aliphatic heterocycles. The van der Waals surface area contributed by atoms with Crippen molar-refractivity contribution >= 4 is 51.9 Å². The molecule has 1 heterocycles. The largest absolute Gasteiger partial charge is 0.326 e. The van der Waals surface area contributed by atoms with Crippen molar-refractivity contribution in [2.75, 3.05) is 5.32 Å². The number of carbonyl (C=O) groups excluding carboxylic acids is 2. The topological polar surface area (TPSA) is 46.2 Å². The molecule has 0 radical (unpaired) electrons. The number of amides is 1. The van der Waals surface area contributed by atoms with Gasteiger partial charge in [-0.25, -0.2) is 0 Å². The zero-order valence-corrected chi connectivity index (χ0v) is 12.7. The first-order valence-electron chi connectivity index (χ1n) is 5.88. The second-order valence-electron chi connectivity index (χ2n) is 4.09. The van der Waals surface area contributed by atoms with Gasteiger partial charge in [0, 0.05) is 23.6 Å². The number of ketones is 1. The number of hydrogen-bond donors (Lipinski definition) is 1. The lowest BCUT2D eigenvalue weighted by molar-refractivity contribution is -0.116. The molecule has 1 aromatic heterocycles. The predicted molar refractivity (Wildman–Crippen MR) is 83.0 cm³/mol. The van der Waals surface area contributed by atoms with E-state index in [0.29, 0.717) is 19.9 Å². The maximum absolute atomic E-state index is 11.8. The van der Waals surface area contributed by atoms with Gasteiger partial charge in [0.25, 0.3) is 0 Å². The lowest BCUT2D eigenvalue weighted by Gasteiger charge is -2.04. The average molecular weight is 328 g/mol. The Morgan fingerprint density at radius 3 is 2.55 bits per heavy atom. The molecule has 0 saturated heterocycles. The number of anilines is 1. The second kappa shape index (κ2) is 6.88. The number of carbonyl (C=O) groups is 2. The van der Waals surface area contributed by atoms with Crippen LogP contribution in [0.25, 0.3) is 0 Å². The van der Waals surface area contributed by atoms with Crippen molar-refractivity contribution in [1.82, 2.24) is 0 Å². The van der Waals surface area contributed by atoms with Gasteiger partial charge in [0.2, 0.25) is 5.91 Å². The van der Waals surface area contributed by atoms with E-state index in [-0.39, 0.29) is 24.5 Å². The zero-order chi connectivity index (χ0) is 14.5. The molecule has 0 unspecified atom stereocenters. The Kier molecular flexibility index (Phi) is 5.17. The van der Waals surface area contributed by atoms with Crippen molar-refractivity contribution in [2.24, 2.45) is 0 Å². The fourth-order valence-electron chi connectivity index (χ4n) is 1.60. The van der Waals surface area contributed by atoms with Crippen LogP contribution in [0.4, 0.5) is 5.69 Å². The van der Waals surface area contributed by atoms with E-state index in [1.165, 1.54) is 11.3 Å². The van der Waals surface area contributed by atoms with Gasteiger partial charge in [0.05, 0.1) is 9.21 Å². The van der Waals surface area contributed by atoms with Crippen molar-refractivity contribution in [3.05, 3.63) is 50.6 Å². The highest BCUT2D eigenvalue weighted by molar-refractivity contribution is 7.18. The van der Waals surface area contributed by atoms with E-state index in [1.807, 2.05) is 0 Å². The summed E-state index contributed by atoms with van der Waals surface area (Å²) >= 11 is 12.8. The Hall–Kier alpha value is -1.36. The standard InChI is InChI=1S/C14H11Cl2NO2S/c15-9-2-1-3-10(8-9)17-14(19)7-4-11(18)12-5-6-13(16)20-12/h1-3,5-6,8H,4,7H2,(H,17,19). The molecule has 104 valence electrons. The first kappa shape index (κ1) is 15.0. The van der Waals surface area contributed by atoms with Crippen LogP contribution in [-0.2, 0) is 4.79 Å². The third-order valence-corrected chi connectivity index (χ3v) is 4.04. The van der Waals surface area contributed by atoms with Crippen LogP contribution < -0.4 is 5.32 Å². The molecule has 1 aromatic carbocycles. The van der Waals surface area contributed by atoms with Crippen LogP contribution in [0.3, 0.4) is 0 Å². The van der Waals surface area contributed by atoms with Crippen LogP contribution in [0.2, 0.25) is 9.36 Å². The highest BCUT2D eigenvalue weighted by Crippen LogP contribution is 2.23. The van der Waals surface area contributed by atoms with E-state index in [4.69, 9.17) is 23.2 Å². The third kappa shape index (κ3) is 4.34. The highest BCUT2D eigenvalue weighted by atomic mass is 35.5. The molecule has 1 N–H and O–H groups in total. The van der Waals surface area contributed by atoms with E-state index in [9.17, 15) is 9.59 Å². The summed E-state index contributed by atoms with van der Waals surface area (Å²) in [6, 6.07) is 10.2. The van der Waals surface area contributed by atoms with Crippen molar-refractivity contribution in [2.45, 2.75) is 12.8 Å². The summed E-state index contributed by atoms with van der Waals surface area (Å²) in [4.78, 5) is 24.1. The Labute approximate surface area is 130 Å². The smallest absolute Gasteiger partial charge is 0.224 e. The fraction of sp³-hybridized carbons (Fsp3) is 0.143. The average Bonchev–Trinajstić information content (AvgIpc) is 2.83. The molecule has 0 aliphatic carbocycles. The summed E-state index contributed by atoms with van der Waals surface area (Å²) in [6.07, 6.45) is 0.282. The van der Waals surface area contributed by atoms with Gasteiger partial charge in [-0.1, -0.05) is 29.3 Å². The first-order chi connectivity index (χ1) is 9.54. The molecule has 1 amide bonds. The van der Waals surface area contributed by atoms with Crippen molar-refractivity contribution in [3.8, 4) is 0 Å². The van der Waals surface area contributed by atoms with Gasteiger partial charge in [-0.15, -0.1) is 11.3 Å². The van der Waals surface area contributed by atoms with Crippen LogP contribution in [0.1, 0.15) is 22.5 Å². The Morgan fingerprint density at radius 1 is 1.10 bits per heavy atom. The molecular weight excluding hydrogens is 317 g/mol. The van der Waals surface area contributed by atoms with Crippen molar-refractivity contribution in [1.29, 1.82) is 0 Å². The van der Waals surface area contributed by atoms with Gasteiger partial charge < -0.3 is 5.32 Å². The molecule has 0 bridgehead atoms. The maximum Gasteiger partial charge on any atom is 0.224 e. The Bertz CT molecular complexity index is 640. The normalized spacial score (nSPS) is 10.3. The lowest BCUT2D eigenvalue weighted by Crippen LogP contribution is -2.13. The summed E-state index contributed by atoms with van der Waals surface area (Å²) in [5.74, 6) is -0.300. The Balaban J connectivity index is 1.85. The van der Waals surface area contributed by atoms with E-state index in [1.54, 1.807) is 36.4 Å². The molecule has 6 heteroatoms. The molecule has 0 spiro atoms. The van der Waals surface area contributed by atoms with Crippen LogP contribution in [0.15, 0.2) is 36.4 Å². The quantitative estimate of drug-likeness (QED) is 0.812. The van der Waals surface area contributed by atoms with Gasteiger partial charge in [0.15, 0.2) is 5.78 Å². The van der Waals surface area contributed by atoms with Gasteiger partial charge in [-0.3, -0.25) is 9.59 Å². The SMILES string of the molecule is O=C(CCC(=O)c1ccc(Cl)s1)Nc1cccc(Cl)c1. The van der Waals surface area contributed by atoms with Gasteiger partial charge in [-0.05, 0) is 30.3 Å². The van der Waals surface area contributed by atoms with E-state index in [0.717, 1.165) is 0 Å². The van der Waals surface area contributed by atoms with Crippen LogP contribution in [-0.4, -0.2) is 11.7 Å². The summed E-state index contributed by atoms with van der Waals surface area (Å²) in [7, 11) is 0. The third-order valence-electron chi connectivity index (χ3n) is 2.54. The predicted octanol–water partition coefficient (Wildman–Crippen LogP) is 4.66. The number of rotatable bonds is 5. The molecule has 20 heavy (non-hydrogen) atoms. The molecule has 0 saturated carbocycles. The van der Waals surface area contributed by atoms with E-state index in [2.05, 4.69) is 5.32 Å². The number of hydrogen-bond acceptors (Lipinski definition) is 3. The number of halogens is 2. The fourth-order valence-corrected chi connectivity index (χ4v) is 2.80. The lowest BCUT2D eigenvalue weighted by atomic mass is 10.2. The highest BCUT2D eigenvalue weighted by Gasteiger charge is 2.11. The Morgan fingerprint density at radius 2 is 1.90 bits per heavy atom. The number of benzene rings is 1. The van der Waals surface area contributed by atoms with Gasteiger partial charge in [0.1, 0.15) is 0 Å². The molecule has 2 aromatic rings. The zero-order valence-electron chi connectivity index (χ0n) is 10.4. The number of thiophene rings is 1. The summed E-state index contributed by atoms with van der Waals surface area (Å²) in [5, 5.41) is 3.24. The number of nitrogens with one attached hydrogen (secondary N) is 1. The van der Waals surface area contributed by atoms with Crippen LogP contribution in [0.5, 0.6) is 0 Å². The van der Waals surface area contributed by atoms with Crippen LogP contribution in [0, 0.1) is 0 Å². The first-order valence-corrected chi connectivity index (χ1v) is 7.46. The minimum atomic E-state index is -0.219. The molecule has 0 atom stereocenters. The minimum Gasteiger partial charge on any atom is -0.326 e. The minimum absolute atomic E-state index is 0.0804. The molecular formula is C14H11Cl2NO2S. The molecule has 2 rings (SSSR count). The van der Waals surface area contributed by atoms with Crippen LogP contribution >= 0.6 is 34.5 Å². The summed E-state index contributed by atoms with van der Waals surface area (Å²) in [5.41, 5.74) is 0.620.